The third-order valence-electron chi connectivity index (χ3n) is 3.66. The molecule has 0 unspecified atom stereocenters. The molecule has 3 aromatic rings. The molecule has 0 radical (unpaired) electrons. The fraction of sp³-hybridized carbons (Fsp3) is 0.176. The first kappa shape index (κ1) is 13.1. The van der Waals surface area contributed by atoms with Crippen molar-refractivity contribution < 1.29 is 4.39 Å². The van der Waals surface area contributed by atoms with E-state index in [1.54, 1.807) is 23.5 Å². The Hall–Kier alpha value is -1.87. The SMILES string of the molecule is Cc1cc2c(C)c(C)sc2cc1Nc1ccccc1F. The average molecular weight is 285 g/mol. The van der Waals surface area contributed by atoms with Gasteiger partial charge >= 0.3 is 0 Å². The van der Waals surface area contributed by atoms with Gasteiger partial charge in [-0.2, -0.15) is 0 Å². The summed E-state index contributed by atoms with van der Waals surface area (Å²) in [5.41, 5.74) is 3.94. The van der Waals surface area contributed by atoms with Crippen molar-refractivity contribution in [3.8, 4) is 0 Å². The first-order valence-corrected chi connectivity index (χ1v) is 7.40. The maximum absolute atomic E-state index is 13.7. The number of hydrogen-bond acceptors (Lipinski definition) is 2. The van der Waals surface area contributed by atoms with Gasteiger partial charge in [0, 0.05) is 15.3 Å². The Morgan fingerprint density at radius 2 is 1.75 bits per heavy atom. The van der Waals surface area contributed by atoms with Gasteiger partial charge in [-0.25, -0.2) is 4.39 Å². The van der Waals surface area contributed by atoms with Crippen LogP contribution >= 0.6 is 11.3 Å². The minimum atomic E-state index is -0.231. The van der Waals surface area contributed by atoms with Crippen LogP contribution in [0.5, 0.6) is 0 Å². The van der Waals surface area contributed by atoms with E-state index in [0.29, 0.717) is 5.69 Å². The molecule has 0 saturated heterocycles. The highest BCUT2D eigenvalue weighted by Gasteiger charge is 2.09. The van der Waals surface area contributed by atoms with Crippen molar-refractivity contribution >= 4 is 32.8 Å². The Labute approximate surface area is 122 Å². The van der Waals surface area contributed by atoms with Crippen LogP contribution in [0.2, 0.25) is 0 Å². The van der Waals surface area contributed by atoms with Crippen molar-refractivity contribution in [2.45, 2.75) is 20.8 Å². The van der Waals surface area contributed by atoms with E-state index in [-0.39, 0.29) is 5.82 Å². The van der Waals surface area contributed by atoms with E-state index in [2.05, 4.69) is 38.2 Å². The molecule has 0 fully saturated rings. The standard InChI is InChI=1S/C17H16FNS/c1-10-8-13-11(2)12(3)20-17(13)9-16(10)19-15-7-5-4-6-14(15)18/h4-9,19H,1-3H3. The lowest BCUT2D eigenvalue weighted by Gasteiger charge is -2.11. The fourth-order valence-electron chi connectivity index (χ4n) is 2.34. The van der Waals surface area contributed by atoms with Crippen LogP contribution in [0, 0.1) is 26.6 Å². The summed E-state index contributed by atoms with van der Waals surface area (Å²) in [6.45, 7) is 6.34. The molecule has 0 bridgehead atoms. The number of thiophene rings is 1. The van der Waals surface area contributed by atoms with E-state index < -0.39 is 0 Å². The van der Waals surface area contributed by atoms with E-state index in [9.17, 15) is 4.39 Å². The second kappa shape index (κ2) is 4.91. The molecular formula is C17H16FNS. The van der Waals surface area contributed by atoms with E-state index in [1.165, 1.54) is 26.6 Å². The Morgan fingerprint density at radius 1 is 1.00 bits per heavy atom. The minimum Gasteiger partial charge on any atom is -0.353 e. The van der Waals surface area contributed by atoms with Crippen LogP contribution in [0.1, 0.15) is 16.0 Å². The first-order valence-electron chi connectivity index (χ1n) is 6.58. The van der Waals surface area contributed by atoms with Crippen LogP contribution < -0.4 is 5.32 Å². The van der Waals surface area contributed by atoms with Gasteiger partial charge < -0.3 is 5.32 Å². The molecule has 1 nitrogen and oxygen atoms in total. The Morgan fingerprint density at radius 3 is 2.50 bits per heavy atom. The summed E-state index contributed by atoms with van der Waals surface area (Å²) in [6, 6.07) is 11.0. The van der Waals surface area contributed by atoms with Crippen molar-refractivity contribution in [3.05, 3.63) is 58.2 Å². The molecule has 0 aliphatic carbocycles. The van der Waals surface area contributed by atoms with Crippen LogP contribution in [0.3, 0.4) is 0 Å². The molecule has 1 heterocycles. The predicted molar refractivity (Wildman–Crippen MR) is 85.7 cm³/mol. The van der Waals surface area contributed by atoms with Gasteiger partial charge in [-0.15, -0.1) is 11.3 Å². The van der Waals surface area contributed by atoms with Gasteiger partial charge in [-0.1, -0.05) is 12.1 Å². The van der Waals surface area contributed by atoms with Crippen LogP contribution in [-0.4, -0.2) is 0 Å². The van der Waals surface area contributed by atoms with Crippen molar-refractivity contribution in [2.24, 2.45) is 0 Å². The quantitative estimate of drug-likeness (QED) is 0.636. The number of hydrogen-bond donors (Lipinski definition) is 1. The van der Waals surface area contributed by atoms with Crippen molar-refractivity contribution in [2.75, 3.05) is 5.32 Å². The van der Waals surface area contributed by atoms with Gasteiger partial charge in [-0.05, 0) is 61.5 Å². The Balaban J connectivity index is 2.08. The number of para-hydroxylation sites is 1. The number of rotatable bonds is 2. The zero-order valence-electron chi connectivity index (χ0n) is 11.8. The molecule has 1 N–H and O–H groups in total. The maximum Gasteiger partial charge on any atom is 0.146 e. The summed E-state index contributed by atoms with van der Waals surface area (Å²) in [5, 5.41) is 4.49. The summed E-state index contributed by atoms with van der Waals surface area (Å²) >= 11 is 1.78. The van der Waals surface area contributed by atoms with E-state index in [1.807, 2.05) is 6.07 Å². The number of benzene rings is 2. The molecule has 0 amide bonds. The highest BCUT2D eigenvalue weighted by molar-refractivity contribution is 7.19. The van der Waals surface area contributed by atoms with Crippen molar-refractivity contribution in [3.63, 3.8) is 0 Å². The van der Waals surface area contributed by atoms with Crippen LogP contribution in [0.4, 0.5) is 15.8 Å². The fourth-order valence-corrected chi connectivity index (χ4v) is 3.43. The average Bonchev–Trinajstić information content (AvgIpc) is 2.69. The lowest BCUT2D eigenvalue weighted by atomic mass is 10.1. The topological polar surface area (TPSA) is 12.0 Å². The van der Waals surface area contributed by atoms with Crippen LogP contribution in [-0.2, 0) is 0 Å². The maximum atomic E-state index is 13.7. The van der Waals surface area contributed by atoms with Crippen molar-refractivity contribution in [1.29, 1.82) is 0 Å². The van der Waals surface area contributed by atoms with E-state index in [0.717, 1.165) is 11.3 Å². The second-order valence-electron chi connectivity index (χ2n) is 5.05. The Kier molecular flexibility index (Phi) is 3.22. The summed E-state index contributed by atoms with van der Waals surface area (Å²) in [5.74, 6) is -0.231. The summed E-state index contributed by atoms with van der Waals surface area (Å²) in [6.07, 6.45) is 0. The largest absolute Gasteiger partial charge is 0.353 e. The number of nitrogens with one attached hydrogen (secondary N) is 1. The van der Waals surface area contributed by atoms with Gasteiger partial charge in [0.1, 0.15) is 5.82 Å². The molecule has 1 aromatic heterocycles. The van der Waals surface area contributed by atoms with Gasteiger partial charge in [0.2, 0.25) is 0 Å². The van der Waals surface area contributed by atoms with Crippen LogP contribution in [0.25, 0.3) is 10.1 Å². The lowest BCUT2D eigenvalue weighted by Crippen LogP contribution is -1.95. The zero-order valence-corrected chi connectivity index (χ0v) is 12.6. The smallest absolute Gasteiger partial charge is 0.146 e. The van der Waals surface area contributed by atoms with Crippen molar-refractivity contribution in [1.82, 2.24) is 0 Å². The molecule has 3 heteroatoms. The Bertz CT molecular complexity index is 789. The molecular weight excluding hydrogens is 269 g/mol. The predicted octanol–water partition coefficient (Wildman–Crippen LogP) is 5.71. The monoisotopic (exact) mass is 285 g/mol. The molecule has 0 aliphatic rings. The molecule has 102 valence electrons. The van der Waals surface area contributed by atoms with Crippen LogP contribution in [0.15, 0.2) is 36.4 Å². The number of aryl methyl sites for hydroxylation is 3. The molecule has 0 aliphatic heterocycles. The molecule has 20 heavy (non-hydrogen) atoms. The lowest BCUT2D eigenvalue weighted by molar-refractivity contribution is 0.632. The third kappa shape index (κ3) is 2.18. The van der Waals surface area contributed by atoms with Gasteiger partial charge in [0.15, 0.2) is 0 Å². The number of halogens is 1. The summed E-state index contributed by atoms with van der Waals surface area (Å²) < 4.78 is 15.0. The normalized spacial score (nSPS) is 11.0. The minimum absolute atomic E-state index is 0.231. The van der Waals surface area contributed by atoms with Gasteiger partial charge in [0.25, 0.3) is 0 Å². The van der Waals surface area contributed by atoms with E-state index in [4.69, 9.17) is 0 Å². The van der Waals surface area contributed by atoms with Gasteiger partial charge in [-0.3, -0.25) is 0 Å². The first-order chi connectivity index (χ1) is 9.56. The molecule has 0 saturated carbocycles. The molecule has 0 spiro atoms. The zero-order chi connectivity index (χ0) is 14.3. The molecule has 2 aromatic carbocycles. The second-order valence-corrected chi connectivity index (χ2v) is 6.31. The third-order valence-corrected chi connectivity index (χ3v) is 4.83. The highest BCUT2D eigenvalue weighted by atomic mass is 32.1. The number of fused-ring (bicyclic) bond motifs is 1. The highest BCUT2D eigenvalue weighted by Crippen LogP contribution is 2.35. The molecule has 0 atom stereocenters. The van der Waals surface area contributed by atoms with Gasteiger partial charge in [0.05, 0.1) is 5.69 Å². The van der Waals surface area contributed by atoms with E-state index >= 15 is 0 Å². The summed E-state index contributed by atoms with van der Waals surface area (Å²) in [4.78, 5) is 1.34. The summed E-state index contributed by atoms with van der Waals surface area (Å²) in [7, 11) is 0. The number of anilines is 2. The molecule has 3 rings (SSSR count).